The standard InChI is InChI=1S/C24H28N2O5S/c1-30-22-11-9-18(17-23(22)32(28,29)26-13-15-31-16-14-26)10-12-24(27)25-21-8-4-6-19-5-2-3-7-20(19)21/h2-3,5,7,9-12,17,21H,4,6,8,13-16H2,1H3,(H,25,27)/b12-10+/t21-/m0/s1. The molecule has 32 heavy (non-hydrogen) atoms. The Balaban J connectivity index is 1.51. The molecule has 0 bridgehead atoms. The summed E-state index contributed by atoms with van der Waals surface area (Å²) in [5.74, 6) is 0.0667. The van der Waals surface area contributed by atoms with E-state index in [1.54, 1.807) is 24.3 Å². The largest absolute Gasteiger partial charge is 0.495 e. The van der Waals surface area contributed by atoms with Crippen molar-refractivity contribution < 1.29 is 22.7 Å². The van der Waals surface area contributed by atoms with E-state index in [0.717, 1.165) is 19.3 Å². The topological polar surface area (TPSA) is 84.9 Å². The Morgan fingerprint density at radius 1 is 1.19 bits per heavy atom. The van der Waals surface area contributed by atoms with Gasteiger partial charge >= 0.3 is 0 Å². The quantitative estimate of drug-likeness (QED) is 0.676. The maximum absolute atomic E-state index is 13.1. The second-order valence-corrected chi connectivity index (χ2v) is 9.82. The number of carbonyl (C=O) groups is 1. The fourth-order valence-corrected chi connectivity index (χ4v) is 5.82. The van der Waals surface area contributed by atoms with Crippen molar-refractivity contribution in [2.45, 2.75) is 30.2 Å². The number of nitrogens with zero attached hydrogens (tertiary/aromatic N) is 1. The number of fused-ring (bicyclic) bond motifs is 1. The molecule has 0 aromatic heterocycles. The average molecular weight is 457 g/mol. The van der Waals surface area contributed by atoms with Crippen LogP contribution in [-0.2, 0) is 26.0 Å². The molecule has 1 fully saturated rings. The van der Waals surface area contributed by atoms with Crippen molar-refractivity contribution in [3.63, 3.8) is 0 Å². The summed E-state index contributed by atoms with van der Waals surface area (Å²) in [6.07, 6.45) is 6.05. The lowest BCUT2D eigenvalue weighted by Crippen LogP contribution is -2.40. The van der Waals surface area contributed by atoms with Gasteiger partial charge in [-0.15, -0.1) is 0 Å². The first-order chi connectivity index (χ1) is 15.5. The Kier molecular flexibility index (Phi) is 6.93. The van der Waals surface area contributed by atoms with Gasteiger partial charge in [0.2, 0.25) is 15.9 Å². The highest BCUT2D eigenvalue weighted by Crippen LogP contribution is 2.30. The Morgan fingerprint density at radius 2 is 1.97 bits per heavy atom. The van der Waals surface area contributed by atoms with E-state index in [1.807, 2.05) is 12.1 Å². The zero-order valence-corrected chi connectivity index (χ0v) is 18.9. The maximum atomic E-state index is 13.1. The van der Waals surface area contributed by atoms with Gasteiger partial charge in [0.25, 0.3) is 0 Å². The summed E-state index contributed by atoms with van der Waals surface area (Å²) < 4.78 is 38.2. The minimum absolute atomic E-state index is 0.00905. The van der Waals surface area contributed by atoms with Gasteiger partial charge in [-0.05, 0) is 54.2 Å². The Bertz CT molecular complexity index is 1110. The lowest BCUT2D eigenvalue weighted by Gasteiger charge is -2.26. The second kappa shape index (κ2) is 9.85. The fraction of sp³-hybridized carbons (Fsp3) is 0.375. The molecule has 0 spiro atoms. The molecule has 8 heteroatoms. The third kappa shape index (κ3) is 4.87. The average Bonchev–Trinajstić information content (AvgIpc) is 2.83. The van der Waals surface area contributed by atoms with Crippen LogP contribution in [-0.4, -0.2) is 52.0 Å². The van der Waals surface area contributed by atoms with Crippen LogP contribution in [0.2, 0.25) is 0 Å². The first kappa shape index (κ1) is 22.5. The van der Waals surface area contributed by atoms with Crippen molar-refractivity contribution in [3.8, 4) is 5.75 Å². The van der Waals surface area contributed by atoms with Crippen LogP contribution < -0.4 is 10.1 Å². The molecule has 7 nitrogen and oxygen atoms in total. The molecule has 4 rings (SSSR count). The maximum Gasteiger partial charge on any atom is 0.246 e. The zero-order valence-electron chi connectivity index (χ0n) is 18.1. The highest BCUT2D eigenvalue weighted by molar-refractivity contribution is 7.89. The van der Waals surface area contributed by atoms with E-state index in [4.69, 9.17) is 9.47 Å². The number of methoxy groups -OCH3 is 1. The summed E-state index contributed by atoms with van der Waals surface area (Å²) in [7, 11) is -2.29. The number of rotatable bonds is 6. The van der Waals surface area contributed by atoms with Crippen molar-refractivity contribution >= 4 is 22.0 Å². The third-order valence-electron chi connectivity index (χ3n) is 5.89. The van der Waals surface area contributed by atoms with Crippen LogP contribution in [0.15, 0.2) is 53.4 Å². The van der Waals surface area contributed by atoms with E-state index in [-0.39, 0.29) is 22.6 Å². The molecule has 0 saturated carbocycles. The molecule has 1 N–H and O–H groups in total. The predicted molar refractivity (Wildman–Crippen MR) is 122 cm³/mol. The molecule has 1 atom stereocenters. The zero-order chi connectivity index (χ0) is 22.6. The third-order valence-corrected chi connectivity index (χ3v) is 7.81. The van der Waals surface area contributed by atoms with Gasteiger partial charge in [0.05, 0.1) is 26.4 Å². The summed E-state index contributed by atoms with van der Waals surface area (Å²) in [6.45, 7) is 1.34. The molecule has 2 aromatic rings. The van der Waals surface area contributed by atoms with Crippen LogP contribution in [0, 0.1) is 0 Å². The van der Waals surface area contributed by atoms with Gasteiger partial charge in [-0.3, -0.25) is 4.79 Å². The number of aryl methyl sites for hydroxylation is 1. The summed E-state index contributed by atoms with van der Waals surface area (Å²) in [5, 5.41) is 3.07. The summed E-state index contributed by atoms with van der Waals surface area (Å²) >= 11 is 0. The Morgan fingerprint density at radius 3 is 2.75 bits per heavy atom. The molecule has 2 aromatic carbocycles. The van der Waals surface area contributed by atoms with E-state index < -0.39 is 10.0 Å². The van der Waals surface area contributed by atoms with Crippen LogP contribution in [0.5, 0.6) is 5.75 Å². The molecule has 0 unspecified atom stereocenters. The number of amides is 1. The van der Waals surface area contributed by atoms with Gasteiger partial charge < -0.3 is 14.8 Å². The minimum Gasteiger partial charge on any atom is -0.495 e. The van der Waals surface area contributed by atoms with Crippen LogP contribution in [0.25, 0.3) is 6.08 Å². The van der Waals surface area contributed by atoms with E-state index in [2.05, 4.69) is 17.4 Å². The Labute approximate surface area is 189 Å². The smallest absolute Gasteiger partial charge is 0.246 e. The minimum atomic E-state index is -3.73. The molecule has 1 aliphatic heterocycles. The van der Waals surface area contributed by atoms with Gasteiger partial charge in [0.1, 0.15) is 10.6 Å². The van der Waals surface area contributed by atoms with Crippen LogP contribution in [0.1, 0.15) is 35.6 Å². The first-order valence-corrected chi connectivity index (χ1v) is 12.3. The van der Waals surface area contributed by atoms with Gasteiger partial charge in [0.15, 0.2) is 0 Å². The highest BCUT2D eigenvalue weighted by Gasteiger charge is 2.29. The predicted octanol–water partition coefficient (Wildman–Crippen LogP) is 2.92. The molecule has 2 aliphatic rings. The van der Waals surface area contributed by atoms with E-state index in [1.165, 1.54) is 28.6 Å². The van der Waals surface area contributed by atoms with E-state index in [9.17, 15) is 13.2 Å². The van der Waals surface area contributed by atoms with Crippen molar-refractivity contribution in [2.24, 2.45) is 0 Å². The van der Waals surface area contributed by atoms with E-state index in [0.29, 0.717) is 31.9 Å². The van der Waals surface area contributed by atoms with Crippen molar-refractivity contribution in [1.29, 1.82) is 0 Å². The fourth-order valence-electron chi connectivity index (χ4n) is 4.22. The normalized spacial score (nSPS) is 19.5. The number of sulfonamides is 1. The number of hydrogen-bond acceptors (Lipinski definition) is 5. The van der Waals surface area contributed by atoms with Gasteiger partial charge in [-0.25, -0.2) is 8.42 Å². The molecule has 170 valence electrons. The van der Waals surface area contributed by atoms with Gasteiger partial charge in [-0.1, -0.05) is 30.3 Å². The first-order valence-electron chi connectivity index (χ1n) is 10.8. The number of nitrogens with one attached hydrogen (secondary N) is 1. The van der Waals surface area contributed by atoms with Crippen molar-refractivity contribution in [1.82, 2.24) is 9.62 Å². The lowest BCUT2D eigenvalue weighted by molar-refractivity contribution is -0.117. The Hall–Kier alpha value is -2.68. The molecule has 0 radical (unpaired) electrons. The SMILES string of the molecule is COc1ccc(/C=C/C(=O)N[C@H]2CCCc3ccccc32)cc1S(=O)(=O)N1CCOCC1. The van der Waals surface area contributed by atoms with Gasteiger partial charge in [0, 0.05) is 19.2 Å². The number of benzene rings is 2. The lowest BCUT2D eigenvalue weighted by atomic mass is 9.88. The van der Waals surface area contributed by atoms with Crippen LogP contribution >= 0.6 is 0 Å². The van der Waals surface area contributed by atoms with Crippen molar-refractivity contribution in [2.75, 3.05) is 33.4 Å². The summed E-state index contributed by atoms with van der Waals surface area (Å²) in [6, 6.07) is 13.1. The molecular weight excluding hydrogens is 428 g/mol. The number of carbonyl (C=O) groups excluding carboxylic acids is 1. The number of morpholine rings is 1. The number of ether oxygens (including phenoxy) is 2. The highest BCUT2D eigenvalue weighted by atomic mass is 32.2. The van der Waals surface area contributed by atoms with Crippen LogP contribution in [0.4, 0.5) is 0 Å². The second-order valence-electron chi connectivity index (χ2n) is 7.91. The monoisotopic (exact) mass is 456 g/mol. The van der Waals surface area contributed by atoms with E-state index >= 15 is 0 Å². The van der Waals surface area contributed by atoms with Crippen LogP contribution in [0.3, 0.4) is 0 Å². The molecule has 1 heterocycles. The molecule has 1 saturated heterocycles. The van der Waals surface area contributed by atoms with Crippen molar-refractivity contribution in [3.05, 3.63) is 65.2 Å². The number of hydrogen-bond donors (Lipinski definition) is 1. The molecule has 1 aliphatic carbocycles. The molecule has 1 amide bonds. The summed E-state index contributed by atoms with van der Waals surface area (Å²) in [4.78, 5) is 12.7. The summed E-state index contributed by atoms with van der Waals surface area (Å²) in [5.41, 5.74) is 3.06. The van der Waals surface area contributed by atoms with Gasteiger partial charge in [-0.2, -0.15) is 4.31 Å². The molecular formula is C24H28N2O5S.